The van der Waals surface area contributed by atoms with Crippen molar-refractivity contribution in [3.05, 3.63) is 61.1 Å². The average molecular weight is 653 g/mol. The largest absolute Gasteiger partial charge is 0.495 e. The lowest BCUT2D eigenvalue weighted by Crippen LogP contribution is -2.57. The van der Waals surface area contributed by atoms with Crippen molar-refractivity contribution in [1.82, 2.24) is 24.7 Å². The molecule has 2 aromatic carbocycles. The van der Waals surface area contributed by atoms with Crippen molar-refractivity contribution in [2.75, 3.05) is 49.5 Å². The fraction of sp³-hybridized carbons (Fsp3) is 0.432. The van der Waals surface area contributed by atoms with Crippen LogP contribution in [0.2, 0.25) is 0 Å². The highest BCUT2D eigenvalue weighted by Crippen LogP contribution is 2.52. The number of halogens is 1. The minimum absolute atomic E-state index is 0.202. The normalized spacial score (nSPS) is 17.6. The number of aromatic amines is 1. The van der Waals surface area contributed by atoms with E-state index in [1.807, 2.05) is 60.7 Å². The molecule has 5 aromatic rings. The monoisotopic (exact) mass is 652 g/mol. The zero-order valence-electron chi connectivity index (χ0n) is 28.4. The summed E-state index contributed by atoms with van der Waals surface area (Å²) in [4.78, 5) is 15.4. The molecular formula is C37H45FN8O2. The number of para-hydroxylation sites is 2. The molecule has 3 aromatic heterocycles. The summed E-state index contributed by atoms with van der Waals surface area (Å²) < 4.78 is 27.5. The molecule has 3 N–H and O–H groups in total. The number of fused-ring (bicyclic) bond motifs is 1. The Bertz CT molecular complexity index is 1910. The summed E-state index contributed by atoms with van der Waals surface area (Å²) in [5.74, 6) is 2.84. The Morgan fingerprint density at radius 3 is 2.58 bits per heavy atom. The molecular weight excluding hydrogens is 607 g/mol. The molecule has 0 bridgehead atoms. The number of ether oxygens (including phenoxy) is 2. The Morgan fingerprint density at radius 1 is 1.02 bits per heavy atom. The lowest BCUT2D eigenvalue weighted by Gasteiger charge is -2.54. The van der Waals surface area contributed by atoms with Gasteiger partial charge < -0.3 is 30.0 Å². The molecule has 1 spiro atoms. The fourth-order valence-corrected chi connectivity index (χ4v) is 7.59. The first-order valence-corrected chi connectivity index (χ1v) is 16.7. The molecule has 2 fully saturated rings. The van der Waals surface area contributed by atoms with Gasteiger partial charge in [0.15, 0.2) is 0 Å². The second-order valence-corrected chi connectivity index (χ2v) is 14.2. The number of nitrogens with zero attached hydrogens (tertiary/aromatic N) is 5. The Morgan fingerprint density at radius 2 is 1.83 bits per heavy atom. The molecule has 7 rings (SSSR count). The summed E-state index contributed by atoms with van der Waals surface area (Å²) >= 11 is 0. The van der Waals surface area contributed by atoms with Crippen molar-refractivity contribution >= 4 is 39.9 Å². The number of aromatic nitrogens is 5. The highest BCUT2D eigenvalue weighted by molar-refractivity contribution is 5.91. The predicted molar refractivity (Wildman–Crippen MR) is 190 cm³/mol. The molecule has 48 heavy (non-hydrogen) atoms. The van der Waals surface area contributed by atoms with Gasteiger partial charge in [-0.3, -0.25) is 9.07 Å². The van der Waals surface area contributed by atoms with Gasteiger partial charge in [0.25, 0.3) is 0 Å². The van der Waals surface area contributed by atoms with Gasteiger partial charge in [-0.1, -0.05) is 38.8 Å². The van der Waals surface area contributed by atoms with Crippen molar-refractivity contribution in [2.45, 2.75) is 46.0 Å². The summed E-state index contributed by atoms with van der Waals surface area (Å²) in [6.45, 7) is 5.81. The number of aryl methyl sites for hydroxylation is 1. The Kier molecular flexibility index (Phi) is 8.39. The number of anilines is 5. The zero-order valence-corrected chi connectivity index (χ0v) is 28.4. The van der Waals surface area contributed by atoms with Crippen LogP contribution in [0.25, 0.3) is 22.2 Å². The van der Waals surface area contributed by atoms with E-state index in [1.165, 1.54) is 19.3 Å². The minimum atomic E-state index is -0.289. The number of rotatable bonds is 10. The maximum atomic E-state index is 14.1. The third-order valence-electron chi connectivity index (χ3n) is 10.4. The van der Waals surface area contributed by atoms with Crippen molar-refractivity contribution in [2.24, 2.45) is 23.8 Å². The molecule has 2 aliphatic rings. The van der Waals surface area contributed by atoms with Gasteiger partial charge in [0.05, 0.1) is 43.9 Å². The van der Waals surface area contributed by atoms with Crippen LogP contribution in [0.5, 0.6) is 11.5 Å². The SMILES string of the molecule is COc1cc(N2CC3(CCCCC(C(C)(C)CF)C3)C2)c(-c2cnn(C)c2)cc1Nc1nc(Nc2ccccc2OC)c2cc[nH]c2n1. The number of hydrogen-bond acceptors (Lipinski definition) is 8. The number of nitrogens with one attached hydrogen (secondary N) is 3. The molecule has 4 heterocycles. The van der Waals surface area contributed by atoms with Crippen LogP contribution in [-0.2, 0) is 7.05 Å². The molecule has 1 unspecified atom stereocenters. The van der Waals surface area contributed by atoms with E-state index in [0.717, 1.165) is 59.5 Å². The van der Waals surface area contributed by atoms with Gasteiger partial charge in [0, 0.05) is 60.8 Å². The van der Waals surface area contributed by atoms with Crippen LogP contribution in [0.3, 0.4) is 0 Å². The lowest BCUT2D eigenvalue weighted by molar-refractivity contribution is 0.0776. The second-order valence-electron chi connectivity index (χ2n) is 14.2. The number of hydrogen-bond donors (Lipinski definition) is 3. The van der Waals surface area contributed by atoms with E-state index in [4.69, 9.17) is 19.4 Å². The van der Waals surface area contributed by atoms with Gasteiger partial charge in [-0.25, -0.2) is 0 Å². The van der Waals surface area contributed by atoms with E-state index in [9.17, 15) is 4.39 Å². The van der Waals surface area contributed by atoms with Crippen molar-refractivity contribution < 1.29 is 13.9 Å². The standard InChI is InChI=1S/C37H45FN8O2/c1-36(2,21-38)25-10-8-9-14-37(18-25)22-46(23-37)30-17-32(48-5)29(16-27(30)24-19-40-45(3)20-24)42-35-43-33-26(13-15-39-33)34(44-35)41-28-11-6-7-12-31(28)47-4/h6-7,11-13,15-17,19-20,25H,8-10,14,18,21-23H2,1-5H3,(H3,39,41,42,43,44). The number of benzene rings is 2. The lowest BCUT2D eigenvalue weighted by atomic mass is 9.65. The minimum Gasteiger partial charge on any atom is -0.495 e. The quantitative estimate of drug-likeness (QED) is 0.139. The zero-order chi connectivity index (χ0) is 33.5. The molecule has 1 aliphatic carbocycles. The van der Waals surface area contributed by atoms with Gasteiger partial charge >= 0.3 is 0 Å². The first-order valence-electron chi connectivity index (χ1n) is 16.7. The maximum Gasteiger partial charge on any atom is 0.231 e. The van der Waals surface area contributed by atoms with Crippen LogP contribution in [0.4, 0.5) is 33.2 Å². The van der Waals surface area contributed by atoms with E-state index in [2.05, 4.69) is 51.6 Å². The van der Waals surface area contributed by atoms with E-state index in [0.29, 0.717) is 34.8 Å². The molecule has 1 aliphatic heterocycles. The van der Waals surface area contributed by atoms with E-state index in [1.54, 1.807) is 14.2 Å². The number of alkyl halides is 1. The molecule has 1 saturated heterocycles. The molecule has 11 heteroatoms. The van der Waals surface area contributed by atoms with E-state index >= 15 is 0 Å². The predicted octanol–water partition coefficient (Wildman–Crippen LogP) is 8.25. The molecule has 0 amide bonds. The van der Waals surface area contributed by atoms with E-state index in [-0.39, 0.29) is 17.5 Å². The topological polar surface area (TPSA) is 105 Å². The highest BCUT2D eigenvalue weighted by atomic mass is 19.1. The van der Waals surface area contributed by atoms with Crippen LogP contribution >= 0.6 is 0 Å². The highest BCUT2D eigenvalue weighted by Gasteiger charge is 2.48. The third kappa shape index (κ3) is 6.02. The first kappa shape index (κ1) is 31.8. The summed E-state index contributed by atoms with van der Waals surface area (Å²) in [5, 5.41) is 12.2. The number of methoxy groups -OCH3 is 2. The molecule has 252 valence electrons. The summed E-state index contributed by atoms with van der Waals surface area (Å²) in [7, 11) is 5.26. The summed E-state index contributed by atoms with van der Waals surface area (Å²) in [6.07, 6.45) is 11.5. The Labute approximate surface area is 281 Å². The van der Waals surface area contributed by atoms with Gasteiger partial charge in [0.1, 0.15) is 23.0 Å². The van der Waals surface area contributed by atoms with E-state index < -0.39 is 0 Å². The number of H-pyrrole nitrogens is 1. The molecule has 10 nitrogen and oxygen atoms in total. The van der Waals surface area contributed by atoms with Gasteiger partial charge in [-0.2, -0.15) is 15.1 Å². The van der Waals surface area contributed by atoms with Crippen molar-refractivity contribution in [3.63, 3.8) is 0 Å². The van der Waals surface area contributed by atoms with Crippen LogP contribution in [0, 0.1) is 16.7 Å². The van der Waals surface area contributed by atoms with Crippen LogP contribution in [0.15, 0.2) is 61.1 Å². The average Bonchev–Trinajstić information content (AvgIpc) is 3.66. The Balaban J connectivity index is 1.22. The van der Waals surface area contributed by atoms with Crippen LogP contribution in [0.1, 0.15) is 46.0 Å². The summed E-state index contributed by atoms with van der Waals surface area (Å²) in [6, 6.07) is 13.9. The van der Waals surface area contributed by atoms with Gasteiger partial charge in [-0.05, 0) is 54.9 Å². The smallest absolute Gasteiger partial charge is 0.231 e. The fourth-order valence-electron chi connectivity index (χ4n) is 7.59. The van der Waals surface area contributed by atoms with Gasteiger partial charge in [0.2, 0.25) is 5.95 Å². The maximum absolute atomic E-state index is 14.1. The first-order chi connectivity index (χ1) is 23.2. The molecule has 1 atom stereocenters. The molecule has 0 radical (unpaired) electrons. The van der Waals surface area contributed by atoms with Crippen LogP contribution < -0.4 is 25.0 Å². The summed E-state index contributed by atoms with van der Waals surface area (Å²) in [5.41, 5.74) is 5.30. The third-order valence-corrected chi connectivity index (χ3v) is 10.4. The Hall–Kier alpha value is -4.80. The molecule has 1 saturated carbocycles. The van der Waals surface area contributed by atoms with Crippen molar-refractivity contribution in [3.8, 4) is 22.6 Å². The van der Waals surface area contributed by atoms with Gasteiger partial charge in [-0.15, -0.1) is 0 Å². The second kappa shape index (κ2) is 12.7. The van der Waals surface area contributed by atoms with Crippen LogP contribution in [-0.4, -0.2) is 58.7 Å². The van der Waals surface area contributed by atoms with Crippen molar-refractivity contribution in [1.29, 1.82) is 0 Å².